The summed E-state index contributed by atoms with van der Waals surface area (Å²) in [4.78, 5) is 15.2. The predicted octanol–water partition coefficient (Wildman–Crippen LogP) is 3.19. The molecule has 0 aliphatic carbocycles. The molecule has 110 valence electrons. The van der Waals surface area contributed by atoms with Gasteiger partial charge in [0.15, 0.2) is 5.82 Å². The van der Waals surface area contributed by atoms with Crippen LogP contribution in [0.2, 0.25) is 5.28 Å². The first-order valence-electron chi connectivity index (χ1n) is 7.07. The molecule has 0 bridgehead atoms. The van der Waals surface area contributed by atoms with Crippen molar-refractivity contribution in [3.8, 4) is 17.1 Å². The van der Waals surface area contributed by atoms with Crippen molar-refractivity contribution in [3.63, 3.8) is 0 Å². The molecule has 21 heavy (non-hydrogen) atoms. The van der Waals surface area contributed by atoms with Gasteiger partial charge in [0.1, 0.15) is 5.75 Å². The van der Waals surface area contributed by atoms with Gasteiger partial charge < -0.3 is 9.64 Å². The Kier molecular flexibility index (Phi) is 4.20. The molecule has 6 heteroatoms. The van der Waals surface area contributed by atoms with Crippen molar-refractivity contribution in [2.45, 2.75) is 19.3 Å². The number of aromatic nitrogens is 3. The quantitative estimate of drug-likeness (QED) is 0.871. The van der Waals surface area contributed by atoms with Crippen molar-refractivity contribution < 1.29 is 4.74 Å². The molecule has 0 spiro atoms. The maximum atomic E-state index is 6.06. The van der Waals surface area contributed by atoms with Crippen LogP contribution in [0.3, 0.4) is 0 Å². The van der Waals surface area contributed by atoms with Crippen LogP contribution in [-0.4, -0.2) is 35.2 Å². The largest absolute Gasteiger partial charge is 0.497 e. The Morgan fingerprint density at radius 3 is 2.38 bits per heavy atom. The minimum atomic E-state index is 0.233. The maximum Gasteiger partial charge on any atom is 0.230 e. The summed E-state index contributed by atoms with van der Waals surface area (Å²) in [6.45, 7) is 1.95. The van der Waals surface area contributed by atoms with Crippen LogP contribution in [-0.2, 0) is 0 Å². The number of halogens is 1. The van der Waals surface area contributed by atoms with Gasteiger partial charge in [0, 0.05) is 18.7 Å². The molecule has 1 aromatic carbocycles. The molecule has 1 aliphatic rings. The van der Waals surface area contributed by atoms with E-state index in [1.165, 1.54) is 19.3 Å². The summed E-state index contributed by atoms with van der Waals surface area (Å²) in [7, 11) is 1.64. The zero-order valence-corrected chi connectivity index (χ0v) is 12.7. The number of anilines is 1. The molecule has 0 amide bonds. The van der Waals surface area contributed by atoms with Gasteiger partial charge in [0.2, 0.25) is 11.2 Å². The van der Waals surface area contributed by atoms with Crippen molar-refractivity contribution in [1.82, 2.24) is 15.0 Å². The van der Waals surface area contributed by atoms with Crippen LogP contribution in [0.4, 0.5) is 5.95 Å². The minimum Gasteiger partial charge on any atom is -0.497 e. The fourth-order valence-corrected chi connectivity index (χ4v) is 2.60. The molecule has 1 saturated heterocycles. The van der Waals surface area contributed by atoms with E-state index in [1.807, 2.05) is 24.3 Å². The summed E-state index contributed by atoms with van der Waals surface area (Å²) < 4.78 is 5.16. The SMILES string of the molecule is COc1ccc(-c2nc(Cl)nc(N3CCCCC3)n2)cc1. The zero-order valence-electron chi connectivity index (χ0n) is 11.9. The molecule has 0 unspecified atom stereocenters. The smallest absolute Gasteiger partial charge is 0.230 e. The molecule has 1 fully saturated rings. The van der Waals surface area contributed by atoms with Gasteiger partial charge in [-0.25, -0.2) is 0 Å². The lowest BCUT2D eigenvalue weighted by molar-refractivity contribution is 0.415. The standard InChI is InChI=1S/C15H17ClN4O/c1-21-12-7-5-11(6-8-12)13-17-14(16)19-15(18-13)20-9-3-2-4-10-20/h5-8H,2-4,9-10H2,1H3. The first-order valence-corrected chi connectivity index (χ1v) is 7.45. The number of benzene rings is 1. The lowest BCUT2D eigenvalue weighted by Crippen LogP contribution is -2.31. The van der Waals surface area contributed by atoms with E-state index in [0.29, 0.717) is 11.8 Å². The molecule has 0 atom stereocenters. The van der Waals surface area contributed by atoms with Crippen molar-refractivity contribution in [3.05, 3.63) is 29.5 Å². The van der Waals surface area contributed by atoms with E-state index >= 15 is 0 Å². The topological polar surface area (TPSA) is 51.1 Å². The Bertz CT molecular complexity index is 612. The van der Waals surface area contributed by atoms with E-state index in [2.05, 4.69) is 19.9 Å². The van der Waals surface area contributed by atoms with Gasteiger partial charge in [-0.15, -0.1) is 0 Å². The highest BCUT2D eigenvalue weighted by atomic mass is 35.5. The molecule has 2 aromatic rings. The first kappa shape index (κ1) is 14.1. The Morgan fingerprint density at radius 2 is 1.71 bits per heavy atom. The minimum absolute atomic E-state index is 0.233. The fraction of sp³-hybridized carbons (Fsp3) is 0.400. The monoisotopic (exact) mass is 304 g/mol. The molecular formula is C15H17ClN4O. The molecule has 0 saturated carbocycles. The van der Waals surface area contributed by atoms with E-state index in [-0.39, 0.29) is 5.28 Å². The summed E-state index contributed by atoms with van der Waals surface area (Å²) >= 11 is 6.06. The predicted molar refractivity (Wildman–Crippen MR) is 82.9 cm³/mol. The molecule has 3 rings (SSSR count). The highest BCUT2D eigenvalue weighted by Crippen LogP contribution is 2.23. The number of ether oxygens (including phenoxy) is 1. The van der Waals surface area contributed by atoms with Crippen LogP contribution in [0.5, 0.6) is 5.75 Å². The second-order valence-corrected chi connectivity index (χ2v) is 5.34. The fourth-order valence-electron chi connectivity index (χ4n) is 2.44. The number of rotatable bonds is 3. The van der Waals surface area contributed by atoms with Crippen LogP contribution in [0, 0.1) is 0 Å². The first-order chi connectivity index (χ1) is 10.3. The van der Waals surface area contributed by atoms with Crippen LogP contribution < -0.4 is 9.64 Å². The molecule has 5 nitrogen and oxygen atoms in total. The zero-order chi connectivity index (χ0) is 14.7. The van der Waals surface area contributed by atoms with Crippen LogP contribution in [0.25, 0.3) is 11.4 Å². The van der Waals surface area contributed by atoms with Crippen molar-refractivity contribution in [2.24, 2.45) is 0 Å². The van der Waals surface area contributed by atoms with Gasteiger partial charge in [-0.3, -0.25) is 0 Å². The van der Waals surface area contributed by atoms with Crippen LogP contribution >= 0.6 is 11.6 Å². The lowest BCUT2D eigenvalue weighted by atomic mass is 10.1. The molecule has 1 aliphatic heterocycles. The number of hydrogen-bond donors (Lipinski definition) is 0. The Balaban J connectivity index is 1.92. The molecule has 0 radical (unpaired) electrons. The number of methoxy groups -OCH3 is 1. The Hall–Kier alpha value is -1.88. The van der Waals surface area contributed by atoms with Crippen molar-refractivity contribution in [1.29, 1.82) is 0 Å². The third-order valence-electron chi connectivity index (χ3n) is 3.58. The van der Waals surface area contributed by atoms with Gasteiger partial charge in [-0.1, -0.05) is 0 Å². The van der Waals surface area contributed by atoms with Crippen molar-refractivity contribution >= 4 is 17.5 Å². The highest BCUT2D eigenvalue weighted by molar-refractivity contribution is 6.28. The number of nitrogens with zero attached hydrogens (tertiary/aromatic N) is 4. The van der Waals surface area contributed by atoms with Crippen molar-refractivity contribution in [2.75, 3.05) is 25.1 Å². The molecule has 2 heterocycles. The van der Waals surface area contributed by atoms with E-state index in [9.17, 15) is 0 Å². The summed E-state index contributed by atoms with van der Waals surface area (Å²) in [6.07, 6.45) is 3.60. The van der Waals surface area contributed by atoms with E-state index in [4.69, 9.17) is 16.3 Å². The molecule has 0 N–H and O–H groups in total. The average molecular weight is 305 g/mol. The van der Waals surface area contributed by atoms with E-state index < -0.39 is 0 Å². The van der Waals surface area contributed by atoms with Gasteiger partial charge in [-0.2, -0.15) is 15.0 Å². The molecular weight excluding hydrogens is 288 g/mol. The number of piperidine rings is 1. The highest BCUT2D eigenvalue weighted by Gasteiger charge is 2.16. The van der Waals surface area contributed by atoms with E-state index in [0.717, 1.165) is 24.4 Å². The average Bonchev–Trinajstić information content (AvgIpc) is 2.55. The van der Waals surface area contributed by atoms with Gasteiger partial charge >= 0.3 is 0 Å². The lowest BCUT2D eigenvalue weighted by Gasteiger charge is -2.26. The summed E-state index contributed by atoms with van der Waals surface area (Å²) in [5, 5.41) is 0.233. The Labute approximate surface area is 129 Å². The van der Waals surface area contributed by atoms with Gasteiger partial charge in [0.05, 0.1) is 7.11 Å². The summed E-state index contributed by atoms with van der Waals surface area (Å²) in [6, 6.07) is 7.61. The van der Waals surface area contributed by atoms with Crippen LogP contribution in [0.1, 0.15) is 19.3 Å². The van der Waals surface area contributed by atoms with E-state index in [1.54, 1.807) is 7.11 Å². The summed E-state index contributed by atoms with van der Waals surface area (Å²) in [5.74, 6) is 2.06. The third kappa shape index (κ3) is 3.24. The summed E-state index contributed by atoms with van der Waals surface area (Å²) in [5.41, 5.74) is 0.901. The second kappa shape index (κ2) is 6.26. The van der Waals surface area contributed by atoms with Gasteiger partial charge in [0.25, 0.3) is 0 Å². The normalized spacial score (nSPS) is 15.0. The third-order valence-corrected chi connectivity index (χ3v) is 3.75. The van der Waals surface area contributed by atoms with Crippen LogP contribution in [0.15, 0.2) is 24.3 Å². The number of hydrogen-bond acceptors (Lipinski definition) is 5. The molecule has 1 aromatic heterocycles. The van der Waals surface area contributed by atoms with Gasteiger partial charge in [-0.05, 0) is 55.1 Å². The maximum absolute atomic E-state index is 6.06. The Morgan fingerprint density at radius 1 is 1.00 bits per heavy atom. The second-order valence-electron chi connectivity index (χ2n) is 5.00.